The number of hydrogen-bond donors (Lipinski definition) is 1. The van der Waals surface area contributed by atoms with Crippen molar-refractivity contribution < 1.29 is 17.9 Å². The van der Waals surface area contributed by atoms with Gasteiger partial charge in [-0.1, -0.05) is 53.9 Å². The number of halogens is 3. The number of rotatable bonds is 8. The van der Waals surface area contributed by atoms with Gasteiger partial charge in [-0.25, -0.2) is 8.42 Å². The van der Waals surface area contributed by atoms with Crippen LogP contribution in [-0.4, -0.2) is 55.8 Å². The molecule has 1 saturated carbocycles. The van der Waals surface area contributed by atoms with Crippen molar-refractivity contribution in [2.45, 2.75) is 61.0 Å². The number of hydrogen-bond acceptors (Lipinski definition) is 6. The topological polar surface area (TPSA) is 99.5 Å². The minimum absolute atomic E-state index is 0.0218. The number of carbonyl (C=O) groups excluding carboxylic acids is 1. The van der Waals surface area contributed by atoms with E-state index >= 15 is 0 Å². The first kappa shape index (κ1) is 29.1. The van der Waals surface area contributed by atoms with Crippen LogP contribution in [0.1, 0.15) is 38.2 Å². The fourth-order valence-corrected chi connectivity index (χ4v) is 7.89. The van der Waals surface area contributed by atoms with Crippen molar-refractivity contribution in [1.29, 1.82) is 5.26 Å². The second-order valence-corrected chi connectivity index (χ2v) is 13.4. The third-order valence-corrected chi connectivity index (χ3v) is 10.7. The maximum absolute atomic E-state index is 13.6. The summed E-state index contributed by atoms with van der Waals surface area (Å²) in [5, 5.41) is 13.0. The van der Waals surface area contributed by atoms with Gasteiger partial charge in [-0.3, -0.25) is 4.79 Å². The summed E-state index contributed by atoms with van der Waals surface area (Å²) < 4.78 is 33.3. The number of nitriles is 1. The van der Waals surface area contributed by atoms with Gasteiger partial charge in [-0.2, -0.15) is 5.26 Å². The maximum Gasteiger partial charge on any atom is 0.227 e. The van der Waals surface area contributed by atoms with Crippen LogP contribution in [-0.2, 0) is 26.0 Å². The smallest absolute Gasteiger partial charge is 0.227 e. The second kappa shape index (κ2) is 12.1. The molecule has 1 amide bonds. The van der Waals surface area contributed by atoms with E-state index in [1.54, 1.807) is 12.1 Å². The van der Waals surface area contributed by atoms with Gasteiger partial charge in [-0.15, -0.1) is 0 Å². The fraction of sp³-hybridized carbons (Fsp3) is 0.481. The maximum atomic E-state index is 13.6. The summed E-state index contributed by atoms with van der Waals surface area (Å²) in [4.78, 5) is 15.8. The van der Waals surface area contributed by atoms with Gasteiger partial charge >= 0.3 is 0 Å². The highest BCUT2D eigenvalue weighted by atomic mass is 35.5. The van der Waals surface area contributed by atoms with Crippen molar-refractivity contribution in [2.24, 2.45) is 5.92 Å². The van der Waals surface area contributed by atoms with E-state index in [4.69, 9.17) is 39.5 Å². The van der Waals surface area contributed by atoms with Crippen LogP contribution in [0.4, 0.5) is 0 Å². The average Bonchev–Trinajstić information content (AvgIpc) is 3.34. The number of sulfone groups is 1. The lowest BCUT2D eigenvalue weighted by Gasteiger charge is -2.38. The number of likely N-dealkylation sites (tertiary alicyclic amines) is 1. The highest BCUT2D eigenvalue weighted by molar-refractivity contribution is 7.92. The molecular weight excluding hydrogens is 569 g/mol. The monoisotopic (exact) mass is 597 g/mol. The Morgan fingerprint density at radius 2 is 1.76 bits per heavy atom. The van der Waals surface area contributed by atoms with Gasteiger partial charge in [0.05, 0.1) is 39.9 Å². The van der Waals surface area contributed by atoms with Crippen molar-refractivity contribution >= 4 is 50.5 Å². The number of piperidine rings is 1. The number of amides is 1. The lowest BCUT2D eigenvalue weighted by molar-refractivity contribution is -0.131. The molecule has 2 aliphatic rings. The zero-order valence-electron chi connectivity index (χ0n) is 21.0. The predicted molar refractivity (Wildman–Crippen MR) is 148 cm³/mol. The zero-order chi connectivity index (χ0) is 27.5. The van der Waals surface area contributed by atoms with Crippen molar-refractivity contribution in [3.8, 4) is 6.07 Å². The molecule has 2 aromatic carbocycles. The molecule has 1 aliphatic carbocycles. The Bertz CT molecular complexity index is 1310. The molecular formula is C27H30Cl3N3O4S. The summed E-state index contributed by atoms with van der Waals surface area (Å²) >= 11 is 18.2. The first-order valence-electron chi connectivity index (χ1n) is 12.6. The van der Waals surface area contributed by atoms with Crippen molar-refractivity contribution in [2.75, 3.05) is 19.6 Å². The third kappa shape index (κ3) is 6.47. The SMILES string of the molecule is CCN1CCC(C#N)(NC(=O)[C@@H]2C[C@@H](S(=O)(=O)c3ccc(Cl)cc3Cl)C[C@H]2OCc2ccc(Cl)cc2)CC1. The van der Waals surface area contributed by atoms with Crippen LogP contribution in [0.3, 0.4) is 0 Å². The molecule has 204 valence electrons. The molecule has 0 aromatic heterocycles. The molecule has 1 N–H and O–H groups in total. The van der Waals surface area contributed by atoms with Crippen LogP contribution in [0, 0.1) is 17.2 Å². The summed E-state index contributed by atoms with van der Waals surface area (Å²) in [5.74, 6) is -1.11. The van der Waals surface area contributed by atoms with Crippen molar-refractivity contribution in [3.05, 3.63) is 63.1 Å². The van der Waals surface area contributed by atoms with Gasteiger partial charge in [0.25, 0.3) is 0 Å². The first-order valence-corrected chi connectivity index (χ1v) is 15.3. The van der Waals surface area contributed by atoms with Crippen molar-refractivity contribution in [3.63, 3.8) is 0 Å². The largest absolute Gasteiger partial charge is 0.373 e. The summed E-state index contributed by atoms with van der Waals surface area (Å²) in [7, 11) is -3.88. The number of nitrogens with zero attached hydrogens (tertiary/aromatic N) is 2. The molecule has 38 heavy (non-hydrogen) atoms. The quantitative estimate of drug-likeness (QED) is 0.444. The number of benzene rings is 2. The minimum atomic E-state index is -3.88. The molecule has 0 radical (unpaired) electrons. The molecule has 7 nitrogen and oxygen atoms in total. The highest BCUT2D eigenvalue weighted by Gasteiger charge is 2.48. The Morgan fingerprint density at radius 1 is 1.11 bits per heavy atom. The third-order valence-electron chi connectivity index (χ3n) is 7.55. The second-order valence-electron chi connectivity index (χ2n) is 9.91. The number of ether oxygens (including phenoxy) is 1. The highest BCUT2D eigenvalue weighted by Crippen LogP contribution is 2.39. The van der Waals surface area contributed by atoms with E-state index in [1.165, 1.54) is 18.2 Å². The number of nitrogens with one attached hydrogen (secondary N) is 1. The fourth-order valence-electron chi connectivity index (χ4n) is 5.18. The molecule has 1 saturated heterocycles. The molecule has 0 spiro atoms. The van der Waals surface area contributed by atoms with Gasteiger partial charge in [0, 0.05) is 23.1 Å². The van der Waals surface area contributed by atoms with E-state index in [9.17, 15) is 18.5 Å². The Balaban J connectivity index is 1.56. The lowest BCUT2D eigenvalue weighted by atomic mass is 9.88. The number of carbonyl (C=O) groups is 1. The summed E-state index contributed by atoms with van der Waals surface area (Å²) in [6.45, 7) is 4.54. The molecule has 0 bridgehead atoms. The van der Waals surface area contributed by atoms with Crippen LogP contribution in [0.2, 0.25) is 15.1 Å². The summed E-state index contributed by atoms with van der Waals surface area (Å²) in [5.41, 5.74) is -0.138. The molecule has 2 fully saturated rings. The van der Waals surface area contributed by atoms with Crippen LogP contribution in [0.25, 0.3) is 0 Å². The van der Waals surface area contributed by atoms with E-state index in [0.717, 1.165) is 12.1 Å². The van der Waals surface area contributed by atoms with Crippen molar-refractivity contribution in [1.82, 2.24) is 10.2 Å². The first-order chi connectivity index (χ1) is 18.1. The molecule has 3 atom stereocenters. The molecule has 11 heteroatoms. The van der Waals surface area contributed by atoms with E-state index in [1.807, 2.05) is 12.1 Å². The van der Waals surface area contributed by atoms with Gasteiger partial charge in [0.15, 0.2) is 9.84 Å². The standard InChI is InChI=1S/C27H30Cl3N3O4S/c1-2-33-11-9-27(17-31,10-12-33)32-26(34)22-14-21(38(35,36)25-8-7-20(29)13-23(25)30)15-24(22)37-16-18-3-5-19(28)6-4-18/h3-8,13,21-22,24H,2,9-12,14-16H2,1H3,(H,32,34)/t21-,22-,24-/m1/s1. The Labute approximate surface area is 238 Å². The van der Waals surface area contributed by atoms with Gasteiger partial charge in [-0.05, 0) is 68.1 Å². The van der Waals surface area contributed by atoms with E-state index in [-0.39, 0.29) is 35.3 Å². The van der Waals surface area contributed by atoms with Gasteiger partial charge in [0.2, 0.25) is 5.91 Å². The molecule has 1 heterocycles. The Hall–Kier alpha value is -1.86. The normalized spacial score (nSPS) is 23.6. The van der Waals surface area contributed by atoms with E-state index in [0.29, 0.717) is 36.0 Å². The molecule has 1 aliphatic heterocycles. The zero-order valence-corrected chi connectivity index (χ0v) is 24.1. The Kier molecular flexibility index (Phi) is 9.29. The Morgan fingerprint density at radius 3 is 2.37 bits per heavy atom. The molecule has 4 rings (SSSR count). The molecule has 0 unspecified atom stereocenters. The van der Waals surface area contributed by atoms with E-state index in [2.05, 4.69) is 23.2 Å². The minimum Gasteiger partial charge on any atom is -0.373 e. The van der Waals surface area contributed by atoms with Crippen LogP contribution in [0.5, 0.6) is 0 Å². The van der Waals surface area contributed by atoms with Gasteiger partial charge < -0.3 is 15.0 Å². The predicted octanol–water partition coefficient (Wildman–Crippen LogP) is 5.28. The van der Waals surface area contributed by atoms with E-state index < -0.39 is 32.6 Å². The van der Waals surface area contributed by atoms with Crippen LogP contribution < -0.4 is 5.32 Å². The average molecular weight is 599 g/mol. The van der Waals surface area contributed by atoms with Crippen LogP contribution >= 0.6 is 34.8 Å². The lowest BCUT2D eigenvalue weighted by Crippen LogP contribution is -2.56. The molecule has 2 aromatic rings. The summed E-state index contributed by atoms with van der Waals surface area (Å²) in [6.07, 6.45) is 0.530. The van der Waals surface area contributed by atoms with Crippen LogP contribution in [0.15, 0.2) is 47.4 Å². The van der Waals surface area contributed by atoms with Gasteiger partial charge in [0.1, 0.15) is 5.54 Å². The summed E-state index contributed by atoms with van der Waals surface area (Å²) in [6, 6.07) is 13.7.